The van der Waals surface area contributed by atoms with Crippen molar-refractivity contribution in [3.05, 3.63) is 84.4 Å². The van der Waals surface area contributed by atoms with Crippen LogP contribution in [0.5, 0.6) is 0 Å². The molecule has 4 aromatic heterocycles. The van der Waals surface area contributed by atoms with Crippen LogP contribution in [0, 0.1) is 0 Å². The van der Waals surface area contributed by atoms with E-state index >= 15 is 0 Å². The van der Waals surface area contributed by atoms with E-state index < -0.39 is 0 Å². The Labute approximate surface area is 221 Å². The van der Waals surface area contributed by atoms with E-state index in [1.54, 1.807) is 45.3 Å². The van der Waals surface area contributed by atoms with Crippen LogP contribution < -0.4 is 0 Å². The van der Waals surface area contributed by atoms with Crippen LogP contribution >= 0.6 is 45.3 Å². The summed E-state index contributed by atoms with van der Waals surface area (Å²) < 4.78 is 4.63. The Kier molecular flexibility index (Phi) is 4.57. The molecule has 4 heterocycles. The van der Waals surface area contributed by atoms with Crippen LogP contribution in [-0.2, 0) is 0 Å². The van der Waals surface area contributed by atoms with Crippen LogP contribution in [0.2, 0.25) is 0 Å². The fraction of sp³-hybridized carbons (Fsp3) is 0. The zero-order valence-electron chi connectivity index (χ0n) is 18.5. The summed E-state index contributed by atoms with van der Waals surface area (Å²) in [4.78, 5) is 20.1. The number of fused-ring (bicyclic) bond motifs is 4. The van der Waals surface area contributed by atoms with E-state index in [1.807, 2.05) is 23.7 Å². The Balaban J connectivity index is 1.52. The number of thiazole rings is 4. The molecule has 0 saturated heterocycles. The Hall–Kier alpha value is -3.56. The molecule has 0 bridgehead atoms. The smallest absolute Gasteiger partial charge is 0.127 e. The first-order chi connectivity index (χ1) is 17.8. The molecular formula is C28H14N4S4. The van der Waals surface area contributed by atoms with Crippen LogP contribution in [0.1, 0.15) is 0 Å². The molecule has 4 nitrogen and oxygen atoms in total. The lowest BCUT2D eigenvalue weighted by Gasteiger charge is -2.11. The Bertz CT molecular complexity index is 1980. The highest BCUT2D eigenvalue weighted by Gasteiger charge is 2.25. The number of nitrogens with zero attached hydrogens (tertiary/aromatic N) is 4. The summed E-state index contributed by atoms with van der Waals surface area (Å²) >= 11 is 6.79. The van der Waals surface area contributed by atoms with Gasteiger partial charge in [-0.25, -0.2) is 19.9 Å². The van der Waals surface area contributed by atoms with Gasteiger partial charge in [-0.1, -0.05) is 36.4 Å². The highest BCUT2D eigenvalue weighted by atomic mass is 32.1. The summed E-state index contributed by atoms with van der Waals surface area (Å²) in [5.41, 5.74) is 9.10. The second-order valence-electron chi connectivity index (χ2n) is 8.33. The molecule has 8 aromatic rings. The first kappa shape index (κ1) is 20.6. The molecule has 0 fully saturated rings. The van der Waals surface area contributed by atoms with E-state index in [4.69, 9.17) is 19.9 Å². The van der Waals surface area contributed by atoms with Gasteiger partial charge in [-0.05, 0) is 42.5 Å². The van der Waals surface area contributed by atoms with E-state index in [-0.39, 0.29) is 0 Å². The van der Waals surface area contributed by atoms with E-state index in [0.717, 1.165) is 67.9 Å². The maximum atomic E-state index is 5.10. The fourth-order valence-electron chi connectivity index (χ4n) is 4.55. The second kappa shape index (κ2) is 7.97. The Morgan fingerprint density at radius 3 is 1.58 bits per heavy atom. The van der Waals surface area contributed by atoms with Crippen molar-refractivity contribution in [2.45, 2.75) is 0 Å². The summed E-state index contributed by atoms with van der Waals surface area (Å²) in [5.74, 6) is 0. The normalized spacial score (nSPS) is 11.9. The molecule has 0 aliphatic carbocycles. The quantitative estimate of drug-likeness (QED) is 0.227. The lowest BCUT2D eigenvalue weighted by Crippen LogP contribution is -1.91. The number of para-hydroxylation sites is 3. The van der Waals surface area contributed by atoms with Gasteiger partial charge >= 0.3 is 0 Å². The lowest BCUT2D eigenvalue weighted by atomic mass is 10.0. The minimum atomic E-state index is 0.962. The predicted molar refractivity (Wildman–Crippen MR) is 155 cm³/mol. The van der Waals surface area contributed by atoms with E-state index in [0.29, 0.717) is 0 Å². The van der Waals surface area contributed by atoms with Gasteiger partial charge in [-0.2, -0.15) is 0 Å². The van der Waals surface area contributed by atoms with Gasteiger partial charge in [-0.3, -0.25) is 0 Å². The zero-order chi connectivity index (χ0) is 23.6. The number of rotatable bonds is 3. The zero-order valence-corrected chi connectivity index (χ0v) is 21.8. The molecule has 0 spiro atoms. The van der Waals surface area contributed by atoms with E-state index in [1.165, 1.54) is 4.70 Å². The van der Waals surface area contributed by atoms with Gasteiger partial charge in [0.1, 0.15) is 15.0 Å². The molecule has 8 heteroatoms. The lowest BCUT2D eigenvalue weighted by molar-refractivity contribution is 1.42. The number of benzene rings is 4. The standard InChI is InChI=1S/C28H14N4S4/c1-4-10-19-16(7-1)30-26(34-19)15-13-22-25(29-14-33-22)24(28-32-18-9-3-6-12-21(18)36-28)23(15)27-31-17-8-2-5-11-20(17)35-27/h1-14H. The van der Waals surface area contributed by atoms with Gasteiger partial charge in [0.2, 0.25) is 0 Å². The molecule has 0 atom stereocenters. The van der Waals surface area contributed by atoms with Gasteiger partial charge < -0.3 is 0 Å². The molecule has 8 rings (SSSR count). The second-order valence-corrected chi connectivity index (χ2v) is 12.3. The molecule has 0 saturated carbocycles. The highest BCUT2D eigenvalue weighted by Crippen LogP contribution is 2.49. The molecule has 170 valence electrons. The SMILES string of the molecule is c1ccc2sc(-c3cc4scnc4c(-c4nc5ccccc5s4)c3-c3nc4ccccc4s3)nc2c1. The average molecular weight is 535 g/mol. The van der Waals surface area contributed by atoms with E-state index in [2.05, 4.69) is 60.7 Å². The van der Waals surface area contributed by atoms with Gasteiger partial charge in [0, 0.05) is 16.7 Å². The van der Waals surface area contributed by atoms with Crippen LogP contribution in [0.25, 0.3) is 72.6 Å². The predicted octanol–water partition coefficient (Wildman–Crippen LogP) is 9.13. The largest absolute Gasteiger partial charge is 0.244 e. The Morgan fingerprint density at radius 2 is 1.00 bits per heavy atom. The van der Waals surface area contributed by atoms with Crippen LogP contribution in [0.4, 0.5) is 0 Å². The third-order valence-corrected chi connectivity index (χ3v) is 10.1. The molecule has 0 aliphatic heterocycles. The maximum absolute atomic E-state index is 5.10. The van der Waals surface area contributed by atoms with Crippen molar-refractivity contribution in [3.8, 4) is 31.7 Å². The number of aromatic nitrogens is 4. The third kappa shape index (κ3) is 3.16. The molecule has 0 radical (unpaired) electrons. The summed E-state index contributed by atoms with van der Waals surface area (Å²) in [7, 11) is 0. The van der Waals surface area contributed by atoms with Crippen LogP contribution in [-0.4, -0.2) is 19.9 Å². The highest BCUT2D eigenvalue weighted by molar-refractivity contribution is 7.23. The van der Waals surface area contributed by atoms with E-state index in [9.17, 15) is 0 Å². The van der Waals surface area contributed by atoms with Crippen molar-refractivity contribution in [2.75, 3.05) is 0 Å². The van der Waals surface area contributed by atoms with Gasteiger partial charge in [-0.15, -0.1) is 45.3 Å². The molecular weight excluding hydrogens is 521 g/mol. The molecule has 0 unspecified atom stereocenters. The van der Waals surface area contributed by atoms with Crippen molar-refractivity contribution in [1.82, 2.24) is 19.9 Å². The van der Waals surface area contributed by atoms with Crippen molar-refractivity contribution in [2.24, 2.45) is 0 Å². The maximum Gasteiger partial charge on any atom is 0.127 e. The van der Waals surface area contributed by atoms with Crippen molar-refractivity contribution >= 4 is 86.2 Å². The molecule has 0 N–H and O–H groups in total. The molecule has 4 aromatic carbocycles. The molecule has 0 aliphatic rings. The first-order valence-corrected chi connectivity index (χ1v) is 14.6. The van der Waals surface area contributed by atoms with Crippen LogP contribution in [0.3, 0.4) is 0 Å². The third-order valence-electron chi connectivity index (χ3n) is 6.17. The fourth-order valence-corrected chi connectivity index (χ4v) is 8.31. The van der Waals surface area contributed by atoms with Crippen LogP contribution in [0.15, 0.2) is 84.4 Å². The summed E-state index contributed by atoms with van der Waals surface area (Å²) in [6.45, 7) is 0. The van der Waals surface area contributed by atoms with Gasteiger partial charge in [0.05, 0.1) is 46.4 Å². The van der Waals surface area contributed by atoms with Crippen molar-refractivity contribution in [3.63, 3.8) is 0 Å². The molecule has 0 amide bonds. The first-order valence-electron chi connectivity index (χ1n) is 11.3. The topological polar surface area (TPSA) is 51.6 Å². The van der Waals surface area contributed by atoms with Gasteiger partial charge in [0.15, 0.2) is 0 Å². The van der Waals surface area contributed by atoms with Crippen molar-refractivity contribution in [1.29, 1.82) is 0 Å². The molecule has 36 heavy (non-hydrogen) atoms. The summed E-state index contributed by atoms with van der Waals surface area (Å²) in [6, 6.07) is 27.2. The number of hydrogen-bond donors (Lipinski definition) is 0. The average Bonchev–Trinajstić information content (AvgIpc) is 3.70. The summed E-state index contributed by atoms with van der Waals surface area (Å²) in [5, 5.41) is 2.92. The minimum Gasteiger partial charge on any atom is -0.244 e. The summed E-state index contributed by atoms with van der Waals surface area (Å²) in [6.07, 6.45) is 0. The Morgan fingerprint density at radius 1 is 0.500 bits per heavy atom. The monoisotopic (exact) mass is 534 g/mol. The number of hydrogen-bond acceptors (Lipinski definition) is 8. The minimum absolute atomic E-state index is 0.962. The van der Waals surface area contributed by atoms with Gasteiger partial charge in [0.25, 0.3) is 0 Å². The van der Waals surface area contributed by atoms with Crippen molar-refractivity contribution < 1.29 is 0 Å².